The number of nitrogens with one attached hydrogen (secondary N) is 3. The minimum atomic E-state index is -0.506. The van der Waals surface area contributed by atoms with Gasteiger partial charge in [0.25, 0.3) is 17.7 Å². The zero-order valence-corrected chi connectivity index (χ0v) is 63.9. The van der Waals surface area contributed by atoms with E-state index in [1.165, 1.54) is 6.20 Å². The van der Waals surface area contributed by atoms with Crippen LogP contribution in [-0.4, -0.2) is 196 Å². The van der Waals surface area contributed by atoms with E-state index in [0.29, 0.717) is 88.1 Å². The molecule has 0 radical (unpaired) electrons. The van der Waals surface area contributed by atoms with Crippen LogP contribution in [-0.2, 0) is 20.1 Å². The van der Waals surface area contributed by atoms with E-state index in [-0.39, 0.29) is 30.3 Å². The number of aryl methyl sites for hydroxylation is 2. The van der Waals surface area contributed by atoms with E-state index in [2.05, 4.69) is 95.9 Å². The van der Waals surface area contributed by atoms with Gasteiger partial charge in [-0.2, -0.15) is 10.2 Å². The van der Waals surface area contributed by atoms with Crippen molar-refractivity contribution in [3.05, 3.63) is 177 Å². The summed E-state index contributed by atoms with van der Waals surface area (Å²) < 4.78 is 33.8. The zero-order chi connectivity index (χ0) is 74.9. The molecular formula is C82H102N16O8. The van der Waals surface area contributed by atoms with Gasteiger partial charge in [-0.05, 0) is 205 Å². The van der Waals surface area contributed by atoms with Crippen molar-refractivity contribution < 1.29 is 38.1 Å². The third-order valence-corrected chi connectivity index (χ3v) is 22.4. The number of carbonyl (C=O) groups excluding carboxylic acids is 3. The molecule has 13 rings (SSSR count). The highest BCUT2D eigenvalue weighted by Crippen LogP contribution is 2.44. The summed E-state index contributed by atoms with van der Waals surface area (Å²) in [4.78, 5) is 68.1. The summed E-state index contributed by atoms with van der Waals surface area (Å²) in [7, 11) is 14.8. The summed E-state index contributed by atoms with van der Waals surface area (Å²) in [6, 6.07) is 24.4. The van der Waals surface area contributed by atoms with Crippen LogP contribution in [0.5, 0.6) is 28.7 Å². The molecule has 8 heterocycles. The van der Waals surface area contributed by atoms with Crippen LogP contribution >= 0.6 is 0 Å². The zero-order valence-electron chi connectivity index (χ0n) is 63.9. The molecule has 5 N–H and O–H groups in total. The minimum Gasteiger partial charge on any atom is -0.494 e. The molecule has 24 nitrogen and oxygen atoms in total. The molecule has 8 aromatic rings. The number of likely N-dealkylation sites (N-methyl/N-ethyl adjacent to an activating group) is 3. The fraction of sp³-hybridized carbons (Fsp3) is 0.427. The van der Waals surface area contributed by atoms with Crippen LogP contribution in [0.25, 0.3) is 27.8 Å². The number of carbonyl (C=O) groups is 3. The SMILES string of the molecule is CCOc1cc(-c2cnn(C)c2)cc([C@@H](C)NC(=O)c2cc(N3C[C@H]4C[C@@H]3CN4C)cc(Cn3cc(-c4cc([C@@H](C)NC(=O)c5cc(N6C[C@H]7C[C@@H]6CN7C)cc(CN=CC(=CN)c6cc([C@@H](C)NC(=O)c7cc(N8CCN(C)CC8)ncc7C)cc(OC)c6OC)c5C)cc(OC)c4OC)cn3)c2C)c1. The second-order valence-electron chi connectivity index (χ2n) is 29.3. The Labute approximate surface area is 622 Å². The number of fused-ring (bicyclic) bond motifs is 4. The Morgan fingerprint density at radius 2 is 1.15 bits per heavy atom. The Hall–Kier alpha value is -10.4. The fourth-order valence-corrected chi connectivity index (χ4v) is 16.0. The number of anilines is 3. The lowest BCUT2D eigenvalue weighted by Crippen LogP contribution is -2.45. The van der Waals surface area contributed by atoms with Crippen molar-refractivity contribution in [2.75, 3.05) is 123 Å². The number of hydrogen-bond acceptors (Lipinski definition) is 19. The average Bonchev–Trinajstić information content (AvgIpc) is 1.58. The van der Waals surface area contributed by atoms with Crippen LogP contribution in [0.1, 0.15) is 140 Å². The summed E-state index contributed by atoms with van der Waals surface area (Å²) in [6.07, 6.45) is 14.7. The number of likely N-dealkylation sites (tertiary alicyclic amines) is 2. The molecule has 106 heavy (non-hydrogen) atoms. The number of hydrogen-bond donors (Lipinski definition) is 4. The normalized spacial score (nSPS) is 19.1. The van der Waals surface area contributed by atoms with Gasteiger partial charge in [-0.25, -0.2) is 4.98 Å². The lowest BCUT2D eigenvalue weighted by Gasteiger charge is -2.34. The van der Waals surface area contributed by atoms with Gasteiger partial charge >= 0.3 is 0 Å². The average molecular weight is 1440 g/mol. The number of allylic oxidation sites excluding steroid dienone is 1. The number of aliphatic imine (C=N–C) groups is 1. The molecule has 3 amide bonds. The Morgan fingerprint density at radius 3 is 1.70 bits per heavy atom. The lowest BCUT2D eigenvalue weighted by molar-refractivity contribution is 0.0930. The number of nitrogens with two attached hydrogens (primary N) is 1. The predicted octanol–water partition coefficient (Wildman–Crippen LogP) is 10.3. The maximum Gasteiger partial charge on any atom is 0.252 e. The van der Waals surface area contributed by atoms with Crippen molar-refractivity contribution >= 4 is 46.7 Å². The first-order chi connectivity index (χ1) is 51.0. The number of amides is 3. The van der Waals surface area contributed by atoms with Gasteiger partial charge in [0, 0.05) is 170 Å². The first-order valence-corrected chi connectivity index (χ1v) is 36.8. The van der Waals surface area contributed by atoms with Crippen LogP contribution in [0.3, 0.4) is 0 Å². The number of ether oxygens (including phenoxy) is 5. The van der Waals surface area contributed by atoms with Crippen LogP contribution < -0.4 is 60.1 Å². The highest BCUT2D eigenvalue weighted by atomic mass is 16.5. The van der Waals surface area contributed by atoms with Crippen molar-refractivity contribution in [1.29, 1.82) is 0 Å². The molecule has 0 aliphatic carbocycles. The van der Waals surface area contributed by atoms with E-state index in [1.54, 1.807) is 45.5 Å². The number of rotatable bonds is 26. The summed E-state index contributed by atoms with van der Waals surface area (Å²) in [5, 5.41) is 19.3. The molecule has 5 fully saturated rings. The molecule has 24 heteroatoms. The molecule has 5 aliphatic rings. The van der Waals surface area contributed by atoms with E-state index in [4.69, 9.17) is 44.5 Å². The van der Waals surface area contributed by atoms with Gasteiger partial charge in [-0.15, -0.1) is 0 Å². The molecule has 5 aliphatic heterocycles. The number of methoxy groups -OCH3 is 4. The summed E-state index contributed by atoms with van der Waals surface area (Å²) in [6.45, 7) is 22.0. The molecule has 0 spiro atoms. The predicted molar refractivity (Wildman–Crippen MR) is 417 cm³/mol. The largest absolute Gasteiger partial charge is 0.494 e. The second kappa shape index (κ2) is 31.3. The van der Waals surface area contributed by atoms with Gasteiger partial charge < -0.3 is 65.0 Å². The van der Waals surface area contributed by atoms with Crippen molar-refractivity contribution in [2.45, 2.75) is 117 Å². The maximum atomic E-state index is 15.2. The molecule has 0 unspecified atom stereocenters. The Bertz CT molecular complexity index is 4670. The van der Waals surface area contributed by atoms with Crippen molar-refractivity contribution in [3.8, 4) is 51.0 Å². The molecule has 7 atom stereocenters. The smallest absolute Gasteiger partial charge is 0.252 e. The monoisotopic (exact) mass is 1440 g/mol. The summed E-state index contributed by atoms with van der Waals surface area (Å²) >= 11 is 0. The highest BCUT2D eigenvalue weighted by molar-refractivity contribution is 6.11. The van der Waals surface area contributed by atoms with Gasteiger partial charge in [0.05, 0.1) is 78.7 Å². The molecule has 0 saturated carbocycles. The molecule has 5 saturated heterocycles. The van der Waals surface area contributed by atoms with E-state index < -0.39 is 12.1 Å². The molecular weight excluding hydrogens is 1340 g/mol. The van der Waals surface area contributed by atoms with E-state index in [0.717, 1.165) is 155 Å². The van der Waals surface area contributed by atoms with E-state index in [1.807, 2.05) is 134 Å². The Morgan fingerprint density at radius 1 is 0.585 bits per heavy atom. The van der Waals surface area contributed by atoms with Gasteiger partial charge in [-0.3, -0.25) is 38.5 Å². The summed E-state index contributed by atoms with van der Waals surface area (Å²) in [5.41, 5.74) is 21.5. The van der Waals surface area contributed by atoms with Gasteiger partial charge in [0.15, 0.2) is 23.0 Å². The number of nitrogens with zero attached hydrogens (tertiary/aromatic N) is 12. The Balaban J connectivity index is 0.750. The fourth-order valence-electron chi connectivity index (χ4n) is 16.0. The minimum absolute atomic E-state index is 0.171. The number of piperazine rings is 3. The molecule has 3 aromatic heterocycles. The van der Waals surface area contributed by atoms with Gasteiger partial charge in [-0.1, -0.05) is 0 Å². The van der Waals surface area contributed by atoms with Crippen molar-refractivity contribution in [1.82, 2.24) is 55.2 Å². The van der Waals surface area contributed by atoms with Crippen LogP contribution in [0.15, 0.2) is 115 Å². The van der Waals surface area contributed by atoms with Crippen LogP contribution in [0.2, 0.25) is 0 Å². The molecule has 4 bridgehead atoms. The van der Waals surface area contributed by atoms with Crippen LogP contribution in [0, 0.1) is 20.8 Å². The number of benzene rings is 5. The summed E-state index contributed by atoms with van der Waals surface area (Å²) in [5.74, 6) is 2.81. The van der Waals surface area contributed by atoms with Crippen LogP contribution in [0.4, 0.5) is 17.2 Å². The van der Waals surface area contributed by atoms with Crippen molar-refractivity contribution in [3.63, 3.8) is 0 Å². The topological polar surface area (TPSA) is 240 Å². The van der Waals surface area contributed by atoms with Gasteiger partial charge in [0.2, 0.25) is 0 Å². The third-order valence-electron chi connectivity index (χ3n) is 22.4. The number of pyridine rings is 1. The Kier molecular flexibility index (Phi) is 21.8. The van der Waals surface area contributed by atoms with Crippen molar-refractivity contribution in [2.24, 2.45) is 17.8 Å². The molecule has 5 aromatic carbocycles. The van der Waals surface area contributed by atoms with E-state index >= 15 is 4.79 Å². The second-order valence-corrected chi connectivity index (χ2v) is 29.3. The lowest BCUT2D eigenvalue weighted by atomic mass is 9.97. The first-order valence-electron chi connectivity index (χ1n) is 36.8. The maximum absolute atomic E-state index is 15.2. The molecule has 558 valence electrons. The quantitative estimate of drug-likeness (QED) is 0.0369. The highest BCUT2D eigenvalue weighted by Gasteiger charge is 2.43. The standard InChI is InChI=1S/C82H102N16O8/c1-16-106-69-24-54(21-57(25-69)61-39-86-94(11)41-61)51(5)89-82(101)72-33-64(98-47-66-31-68(98)45-93(66)10)23-59(50(72)4)42-96-43-62(40-87-96)74-27-56(29-76(103-13)79(74)105-15)53(7)90-81(100)71-32-63(97-46-65-30-67(97)44-92(65)9)22-58(49(71)3)37-84-38-60(35-83)73-26-55(28-75(102-12)78(73)104-14)52(6)88-80(99)70-34-77(85-36-48(70)2)95-19-17-91(8)18-20-95/h21-29,32-36,38-41,43,51-53,65-68H,16-20,30-31,37,42,44-47,83H2,1-15H3,(H,88,99)(H,89,101)(H,90,100)/t51-,52-,53-,65-,66-,67-,68-/m1/s1. The van der Waals surface area contributed by atoms with Gasteiger partial charge in [0.1, 0.15) is 11.6 Å². The first kappa shape index (κ1) is 73.9. The third kappa shape index (κ3) is 15.2. The number of aromatic nitrogens is 5. The van der Waals surface area contributed by atoms with E-state index in [9.17, 15) is 9.59 Å².